The molecule has 0 aromatic rings. The molecule has 3 unspecified atom stereocenters. The van der Waals surface area contributed by atoms with Gasteiger partial charge >= 0.3 is 7.82 Å². The number of quaternary nitrogens is 1. The number of allylic oxidation sites excluding steroid dienone is 5. The Labute approximate surface area is 347 Å². The zero-order chi connectivity index (χ0) is 41.4. The van der Waals surface area contributed by atoms with Gasteiger partial charge in [-0.2, -0.15) is 0 Å². The van der Waals surface area contributed by atoms with Crippen molar-refractivity contribution in [3.8, 4) is 0 Å². The number of carbonyl (C=O) groups excluding carboxylic acids is 1. The molecule has 8 nitrogen and oxygen atoms in total. The van der Waals surface area contributed by atoms with E-state index >= 15 is 0 Å². The van der Waals surface area contributed by atoms with Crippen molar-refractivity contribution in [1.82, 2.24) is 5.32 Å². The highest BCUT2D eigenvalue weighted by Crippen LogP contribution is 2.43. The Morgan fingerprint density at radius 2 is 0.982 bits per heavy atom. The second kappa shape index (κ2) is 39.2. The number of hydrogen-bond donors (Lipinski definition) is 3. The molecule has 0 heterocycles. The minimum Gasteiger partial charge on any atom is -0.387 e. The number of aliphatic hydroxyl groups is 1. The highest BCUT2D eigenvalue weighted by Gasteiger charge is 2.27. The number of nitrogens with zero attached hydrogens (tertiary/aromatic N) is 1. The second-order valence-corrected chi connectivity index (χ2v) is 18.6. The highest BCUT2D eigenvalue weighted by molar-refractivity contribution is 7.47. The Kier molecular flexibility index (Phi) is 38.3. The summed E-state index contributed by atoms with van der Waals surface area (Å²) in [5, 5.41) is 13.8. The first-order chi connectivity index (χ1) is 27.0. The van der Waals surface area contributed by atoms with Gasteiger partial charge in [-0.25, -0.2) is 4.57 Å². The van der Waals surface area contributed by atoms with Crippen LogP contribution in [0.4, 0.5) is 0 Å². The average molecular weight is 812 g/mol. The maximum absolute atomic E-state index is 12.8. The van der Waals surface area contributed by atoms with Crippen molar-refractivity contribution < 1.29 is 32.9 Å². The number of aliphatic hydroxyl groups excluding tert-OH is 1. The number of likely N-dealkylation sites (N-methyl/N-ethyl adjacent to an activating group) is 1. The van der Waals surface area contributed by atoms with Crippen LogP contribution < -0.4 is 5.32 Å². The monoisotopic (exact) mass is 812 g/mol. The molecule has 0 saturated carbocycles. The number of amides is 1. The van der Waals surface area contributed by atoms with Gasteiger partial charge in [-0.05, 0) is 44.9 Å². The van der Waals surface area contributed by atoms with E-state index in [1.807, 2.05) is 27.2 Å². The van der Waals surface area contributed by atoms with Crippen LogP contribution in [-0.4, -0.2) is 73.4 Å². The van der Waals surface area contributed by atoms with Gasteiger partial charge in [0.1, 0.15) is 13.2 Å². The third-order valence-electron chi connectivity index (χ3n) is 10.3. The van der Waals surface area contributed by atoms with Crippen LogP contribution >= 0.6 is 7.82 Å². The molecule has 0 rings (SSSR count). The summed E-state index contributed by atoms with van der Waals surface area (Å²) in [5.41, 5.74) is 0. The van der Waals surface area contributed by atoms with Gasteiger partial charge in [0, 0.05) is 6.42 Å². The molecular formula is C47H92N2O6P+. The van der Waals surface area contributed by atoms with Crippen LogP contribution in [0.5, 0.6) is 0 Å². The Bertz CT molecular complexity index is 1010. The van der Waals surface area contributed by atoms with Crippen LogP contribution in [0.2, 0.25) is 0 Å². The number of nitrogens with one attached hydrogen (secondary N) is 1. The third kappa shape index (κ3) is 40.9. The van der Waals surface area contributed by atoms with Crippen molar-refractivity contribution in [3.63, 3.8) is 0 Å². The minimum atomic E-state index is -4.34. The molecule has 0 aromatic heterocycles. The fourth-order valence-corrected chi connectivity index (χ4v) is 7.34. The first kappa shape index (κ1) is 54.7. The van der Waals surface area contributed by atoms with E-state index in [0.717, 1.165) is 44.9 Å². The number of rotatable bonds is 42. The van der Waals surface area contributed by atoms with Gasteiger partial charge < -0.3 is 19.8 Å². The summed E-state index contributed by atoms with van der Waals surface area (Å²) in [6.45, 7) is 4.77. The molecule has 0 spiro atoms. The molecule has 3 atom stereocenters. The van der Waals surface area contributed by atoms with E-state index in [1.165, 1.54) is 141 Å². The van der Waals surface area contributed by atoms with Crippen molar-refractivity contribution >= 4 is 13.7 Å². The maximum atomic E-state index is 12.8. The van der Waals surface area contributed by atoms with E-state index in [0.29, 0.717) is 17.4 Å². The molecular weight excluding hydrogens is 719 g/mol. The number of unbranched alkanes of at least 4 members (excludes halogenated alkanes) is 25. The molecule has 9 heteroatoms. The molecule has 0 saturated heterocycles. The molecule has 330 valence electrons. The lowest BCUT2D eigenvalue weighted by Gasteiger charge is -2.25. The fraction of sp³-hybridized carbons (Fsp3) is 0.851. The zero-order valence-corrected chi connectivity index (χ0v) is 38.3. The average Bonchev–Trinajstić information content (AvgIpc) is 3.15. The Balaban J connectivity index is 4.35. The molecule has 0 bridgehead atoms. The summed E-state index contributed by atoms with van der Waals surface area (Å²) < 4.78 is 23.5. The van der Waals surface area contributed by atoms with Gasteiger partial charge in [0.15, 0.2) is 0 Å². The molecule has 56 heavy (non-hydrogen) atoms. The lowest BCUT2D eigenvalue weighted by atomic mass is 10.0. The lowest BCUT2D eigenvalue weighted by molar-refractivity contribution is -0.870. The summed E-state index contributed by atoms with van der Waals surface area (Å²) in [6.07, 6.45) is 48.1. The van der Waals surface area contributed by atoms with Crippen LogP contribution in [0.1, 0.15) is 206 Å². The standard InChI is InChI=1S/C47H91N2O6P/c1-6-8-10-12-14-16-18-19-20-21-22-23-24-25-26-27-28-29-30-31-32-34-36-38-40-46(50)45(44-55-56(52,53)54-43-42-49(3,4)5)48-47(51)41-39-37-35-33-17-15-13-11-9-7-2/h27-28,31-32,38,40,45-46,50H,6-26,29-30,33-37,39,41-44H2,1-5H3,(H-,48,51,52,53)/p+1/b28-27+,32-31+,40-38+. The zero-order valence-electron chi connectivity index (χ0n) is 37.4. The number of carbonyl (C=O) groups is 1. The van der Waals surface area contributed by atoms with E-state index in [9.17, 15) is 19.4 Å². The van der Waals surface area contributed by atoms with Crippen molar-refractivity contribution in [2.75, 3.05) is 40.9 Å². The van der Waals surface area contributed by atoms with E-state index in [-0.39, 0.29) is 19.1 Å². The summed E-state index contributed by atoms with van der Waals surface area (Å²) in [5.74, 6) is -0.194. The van der Waals surface area contributed by atoms with Gasteiger partial charge in [0.25, 0.3) is 0 Å². The van der Waals surface area contributed by atoms with Crippen molar-refractivity contribution in [2.24, 2.45) is 0 Å². The van der Waals surface area contributed by atoms with Gasteiger partial charge in [0.05, 0.1) is 39.9 Å². The fourth-order valence-electron chi connectivity index (χ4n) is 6.60. The summed E-state index contributed by atoms with van der Waals surface area (Å²) in [7, 11) is 1.55. The Morgan fingerprint density at radius 1 is 0.589 bits per heavy atom. The van der Waals surface area contributed by atoms with Crippen LogP contribution in [0.3, 0.4) is 0 Å². The van der Waals surface area contributed by atoms with Gasteiger partial charge in [-0.15, -0.1) is 0 Å². The Morgan fingerprint density at radius 3 is 1.43 bits per heavy atom. The highest BCUT2D eigenvalue weighted by atomic mass is 31.2. The summed E-state index contributed by atoms with van der Waals surface area (Å²) >= 11 is 0. The predicted octanol–water partition coefficient (Wildman–Crippen LogP) is 13.1. The largest absolute Gasteiger partial charge is 0.472 e. The molecule has 0 fully saturated rings. The van der Waals surface area contributed by atoms with Crippen LogP contribution in [0.25, 0.3) is 0 Å². The quantitative estimate of drug-likeness (QED) is 0.0245. The first-order valence-electron chi connectivity index (χ1n) is 23.4. The van der Waals surface area contributed by atoms with Crippen molar-refractivity contribution in [3.05, 3.63) is 36.5 Å². The lowest BCUT2D eigenvalue weighted by Crippen LogP contribution is -2.45. The topological polar surface area (TPSA) is 105 Å². The van der Waals surface area contributed by atoms with E-state index in [2.05, 4.69) is 43.5 Å². The van der Waals surface area contributed by atoms with Gasteiger partial charge in [-0.3, -0.25) is 13.8 Å². The van der Waals surface area contributed by atoms with E-state index < -0.39 is 20.0 Å². The maximum Gasteiger partial charge on any atom is 0.472 e. The first-order valence-corrected chi connectivity index (χ1v) is 24.9. The predicted molar refractivity (Wildman–Crippen MR) is 240 cm³/mol. The molecule has 0 aromatic carbocycles. The smallest absolute Gasteiger partial charge is 0.387 e. The summed E-state index contributed by atoms with van der Waals surface area (Å²) in [4.78, 5) is 23.0. The molecule has 3 N–H and O–H groups in total. The third-order valence-corrected chi connectivity index (χ3v) is 11.3. The van der Waals surface area contributed by atoms with Crippen LogP contribution in [0, 0.1) is 0 Å². The van der Waals surface area contributed by atoms with Gasteiger partial charge in [-0.1, -0.05) is 192 Å². The molecule has 0 aliphatic carbocycles. The minimum absolute atomic E-state index is 0.0544. The molecule has 1 amide bonds. The summed E-state index contributed by atoms with van der Waals surface area (Å²) in [6, 6.07) is -0.865. The van der Waals surface area contributed by atoms with Gasteiger partial charge in [0.2, 0.25) is 5.91 Å². The number of phosphoric ester groups is 1. The number of hydrogen-bond acceptors (Lipinski definition) is 5. The normalized spacial score (nSPS) is 14.6. The van der Waals surface area contributed by atoms with Crippen LogP contribution in [-0.2, 0) is 18.4 Å². The SMILES string of the molecule is CCCCCCCCCCCCCCCC/C=C/CC/C=C/CC/C=C/C(O)C(COP(=O)(O)OCC[N+](C)(C)C)NC(=O)CCCCCCCCCCCC. The molecule has 0 aliphatic rings. The van der Waals surface area contributed by atoms with E-state index in [4.69, 9.17) is 9.05 Å². The Hall–Kier alpha value is -1.28. The van der Waals surface area contributed by atoms with Crippen molar-refractivity contribution in [1.29, 1.82) is 0 Å². The molecule has 0 radical (unpaired) electrons. The van der Waals surface area contributed by atoms with Crippen molar-refractivity contribution in [2.45, 2.75) is 219 Å². The molecule has 0 aliphatic heterocycles. The number of phosphoric acid groups is 1. The van der Waals surface area contributed by atoms with E-state index in [1.54, 1.807) is 6.08 Å². The van der Waals surface area contributed by atoms with Crippen LogP contribution in [0.15, 0.2) is 36.5 Å². The second-order valence-electron chi connectivity index (χ2n) is 17.1.